The quantitative estimate of drug-likeness (QED) is 0.770. The summed E-state index contributed by atoms with van der Waals surface area (Å²) in [6, 6.07) is 6.19. The Kier molecular flexibility index (Phi) is 3.39. The molecule has 0 radical (unpaired) electrons. The lowest BCUT2D eigenvalue weighted by Crippen LogP contribution is -2.16. The topological polar surface area (TPSA) is 29.1 Å². The van der Waals surface area contributed by atoms with Crippen LogP contribution in [0, 0.1) is 5.92 Å². The van der Waals surface area contributed by atoms with Crippen molar-refractivity contribution in [2.24, 2.45) is 5.92 Å². The molecule has 0 saturated carbocycles. The Balaban J connectivity index is 2.30. The van der Waals surface area contributed by atoms with Crippen LogP contribution in [0.1, 0.15) is 35.3 Å². The van der Waals surface area contributed by atoms with E-state index in [1.807, 2.05) is 19.9 Å². The highest BCUT2D eigenvalue weighted by Gasteiger charge is 2.13. The van der Waals surface area contributed by atoms with E-state index < -0.39 is 0 Å². The first-order valence-electron chi connectivity index (χ1n) is 6.05. The molecule has 0 bridgehead atoms. The lowest BCUT2D eigenvalue weighted by molar-refractivity contribution is 0.0939. The van der Waals surface area contributed by atoms with Gasteiger partial charge in [-0.1, -0.05) is 26.0 Å². The Labute approximate surface area is 97.1 Å². The SMILES string of the molecule is CC(C)C(=O)c1ccc2c(c1)CCNCC2. The third-order valence-electron chi connectivity index (χ3n) is 3.16. The van der Waals surface area contributed by atoms with E-state index in [0.29, 0.717) is 0 Å². The highest BCUT2D eigenvalue weighted by atomic mass is 16.1. The summed E-state index contributed by atoms with van der Waals surface area (Å²) in [6.07, 6.45) is 2.11. The van der Waals surface area contributed by atoms with Crippen molar-refractivity contribution >= 4 is 5.78 Å². The van der Waals surface area contributed by atoms with E-state index in [1.54, 1.807) is 0 Å². The van der Waals surface area contributed by atoms with Crippen LogP contribution in [0.3, 0.4) is 0 Å². The smallest absolute Gasteiger partial charge is 0.165 e. The molecule has 16 heavy (non-hydrogen) atoms. The molecule has 0 saturated heterocycles. The van der Waals surface area contributed by atoms with E-state index in [-0.39, 0.29) is 11.7 Å². The summed E-state index contributed by atoms with van der Waals surface area (Å²) >= 11 is 0. The van der Waals surface area contributed by atoms with E-state index in [1.165, 1.54) is 11.1 Å². The summed E-state index contributed by atoms with van der Waals surface area (Å²) < 4.78 is 0. The first kappa shape index (κ1) is 11.3. The highest BCUT2D eigenvalue weighted by molar-refractivity contribution is 5.97. The standard InChI is InChI=1S/C14H19NO/c1-10(2)14(16)13-4-3-11-5-7-15-8-6-12(11)9-13/h3-4,9-10,15H,5-8H2,1-2H3. The van der Waals surface area contributed by atoms with Crippen molar-refractivity contribution in [2.45, 2.75) is 26.7 Å². The number of hydrogen-bond acceptors (Lipinski definition) is 2. The summed E-state index contributed by atoms with van der Waals surface area (Å²) in [5, 5.41) is 3.38. The van der Waals surface area contributed by atoms with Crippen molar-refractivity contribution < 1.29 is 4.79 Å². The lowest BCUT2D eigenvalue weighted by atomic mass is 9.95. The van der Waals surface area contributed by atoms with E-state index >= 15 is 0 Å². The molecule has 2 heteroatoms. The van der Waals surface area contributed by atoms with Crippen molar-refractivity contribution in [1.82, 2.24) is 5.32 Å². The fraction of sp³-hybridized carbons (Fsp3) is 0.500. The first-order chi connectivity index (χ1) is 7.68. The molecule has 2 rings (SSSR count). The Bertz CT molecular complexity index is 396. The highest BCUT2D eigenvalue weighted by Crippen LogP contribution is 2.17. The second-order valence-corrected chi connectivity index (χ2v) is 4.75. The van der Waals surface area contributed by atoms with Gasteiger partial charge in [0.1, 0.15) is 0 Å². The Morgan fingerprint density at radius 3 is 2.56 bits per heavy atom. The summed E-state index contributed by atoms with van der Waals surface area (Å²) in [5.41, 5.74) is 3.61. The second-order valence-electron chi connectivity index (χ2n) is 4.75. The van der Waals surface area contributed by atoms with Gasteiger partial charge in [-0.15, -0.1) is 0 Å². The molecular weight excluding hydrogens is 198 g/mol. The fourth-order valence-electron chi connectivity index (χ4n) is 2.16. The number of nitrogens with one attached hydrogen (secondary N) is 1. The average molecular weight is 217 g/mol. The molecule has 0 spiro atoms. The van der Waals surface area contributed by atoms with Crippen LogP contribution in [-0.2, 0) is 12.8 Å². The number of carbonyl (C=O) groups is 1. The zero-order valence-corrected chi connectivity index (χ0v) is 10.0. The van der Waals surface area contributed by atoms with Crippen molar-refractivity contribution in [3.63, 3.8) is 0 Å². The predicted molar refractivity (Wildman–Crippen MR) is 65.9 cm³/mol. The predicted octanol–water partition coefficient (Wildman–Crippen LogP) is 2.21. The average Bonchev–Trinajstić information content (AvgIpc) is 2.51. The maximum absolute atomic E-state index is 11.9. The van der Waals surface area contributed by atoms with E-state index in [0.717, 1.165) is 31.5 Å². The van der Waals surface area contributed by atoms with Crippen molar-refractivity contribution in [1.29, 1.82) is 0 Å². The molecule has 0 aromatic heterocycles. The summed E-state index contributed by atoms with van der Waals surface area (Å²) in [5.74, 6) is 0.335. The van der Waals surface area contributed by atoms with Gasteiger partial charge in [0.15, 0.2) is 5.78 Å². The van der Waals surface area contributed by atoms with Crippen molar-refractivity contribution in [3.05, 3.63) is 34.9 Å². The van der Waals surface area contributed by atoms with Gasteiger partial charge in [0.25, 0.3) is 0 Å². The summed E-state index contributed by atoms with van der Waals surface area (Å²) in [7, 11) is 0. The minimum Gasteiger partial charge on any atom is -0.316 e. The van der Waals surface area contributed by atoms with Crippen LogP contribution in [0.4, 0.5) is 0 Å². The first-order valence-corrected chi connectivity index (χ1v) is 6.05. The monoisotopic (exact) mass is 217 g/mol. The van der Waals surface area contributed by atoms with Crippen LogP contribution in [0.5, 0.6) is 0 Å². The van der Waals surface area contributed by atoms with Gasteiger partial charge in [-0.05, 0) is 43.1 Å². The summed E-state index contributed by atoms with van der Waals surface area (Å²) in [6.45, 7) is 5.97. The minimum absolute atomic E-state index is 0.0851. The van der Waals surface area contributed by atoms with Gasteiger partial charge in [-0.2, -0.15) is 0 Å². The third kappa shape index (κ3) is 2.33. The van der Waals surface area contributed by atoms with Crippen LogP contribution >= 0.6 is 0 Å². The molecule has 0 amide bonds. The van der Waals surface area contributed by atoms with Gasteiger partial charge >= 0.3 is 0 Å². The van der Waals surface area contributed by atoms with E-state index in [9.17, 15) is 4.79 Å². The molecule has 0 aliphatic carbocycles. The van der Waals surface area contributed by atoms with Gasteiger partial charge in [0.05, 0.1) is 0 Å². The van der Waals surface area contributed by atoms with Crippen molar-refractivity contribution in [3.8, 4) is 0 Å². The molecule has 86 valence electrons. The number of rotatable bonds is 2. The molecule has 2 nitrogen and oxygen atoms in total. The van der Waals surface area contributed by atoms with Crippen molar-refractivity contribution in [2.75, 3.05) is 13.1 Å². The molecule has 1 aliphatic heterocycles. The zero-order chi connectivity index (χ0) is 11.5. The molecular formula is C14H19NO. The van der Waals surface area contributed by atoms with E-state index in [4.69, 9.17) is 0 Å². The molecule has 0 fully saturated rings. The van der Waals surface area contributed by atoms with Gasteiger partial charge in [-0.25, -0.2) is 0 Å². The fourth-order valence-corrected chi connectivity index (χ4v) is 2.16. The van der Waals surface area contributed by atoms with Gasteiger partial charge in [0, 0.05) is 11.5 Å². The molecule has 1 N–H and O–H groups in total. The van der Waals surface area contributed by atoms with Crippen LogP contribution in [0.15, 0.2) is 18.2 Å². The van der Waals surface area contributed by atoms with Crippen LogP contribution in [0.25, 0.3) is 0 Å². The Morgan fingerprint density at radius 1 is 1.19 bits per heavy atom. The second kappa shape index (κ2) is 4.79. The Hall–Kier alpha value is -1.15. The maximum Gasteiger partial charge on any atom is 0.165 e. The number of carbonyl (C=O) groups excluding carboxylic acids is 1. The van der Waals surface area contributed by atoms with Crippen LogP contribution in [0.2, 0.25) is 0 Å². The molecule has 0 unspecified atom stereocenters. The van der Waals surface area contributed by atoms with Gasteiger partial charge in [-0.3, -0.25) is 4.79 Å². The maximum atomic E-state index is 11.9. The number of fused-ring (bicyclic) bond motifs is 1. The van der Waals surface area contributed by atoms with Gasteiger partial charge in [0.2, 0.25) is 0 Å². The number of ketones is 1. The number of benzene rings is 1. The normalized spacial score (nSPS) is 15.7. The Morgan fingerprint density at radius 2 is 1.88 bits per heavy atom. The number of Topliss-reactive ketones (excluding diaryl/α,β-unsaturated/α-hetero) is 1. The zero-order valence-electron chi connectivity index (χ0n) is 10.0. The molecule has 0 atom stereocenters. The summed E-state index contributed by atoms with van der Waals surface area (Å²) in [4.78, 5) is 11.9. The van der Waals surface area contributed by atoms with E-state index in [2.05, 4.69) is 17.4 Å². The molecule has 1 heterocycles. The van der Waals surface area contributed by atoms with Crippen LogP contribution < -0.4 is 5.32 Å². The van der Waals surface area contributed by atoms with Gasteiger partial charge < -0.3 is 5.32 Å². The third-order valence-corrected chi connectivity index (χ3v) is 3.16. The largest absolute Gasteiger partial charge is 0.316 e. The lowest BCUT2D eigenvalue weighted by Gasteiger charge is -2.09. The van der Waals surface area contributed by atoms with Crippen LogP contribution in [-0.4, -0.2) is 18.9 Å². The molecule has 1 aliphatic rings. The number of hydrogen-bond donors (Lipinski definition) is 1. The molecule has 1 aromatic rings. The molecule has 1 aromatic carbocycles. The minimum atomic E-state index is 0.0851.